The van der Waals surface area contributed by atoms with Gasteiger partial charge >= 0.3 is 0 Å². The maximum atomic E-state index is 12.5. The van der Waals surface area contributed by atoms with Gasteiger partial charge in [0, 0.05) is 36.7 Å². The van der Waals surface area contributed by atoms with E-state index in [-0.39, 0.29) is 5.37 Å². The first-order chi connectivity index (χ1) is 10.8. The highest BCUT2D eigenvalue weighted by Gasteiger charge is 2.30. The molecule has 2 heterocycles. The minimum atomic E-state index is 0.172. The lowest BCUT2D eigenvalue weighted by Gasteiger charge is -2.24. The van der Waals surface area contributed by atoms with Crippen molar-refractivity contribution in [3.05, 3.63) is 30.1 Å². The highest BCUT2D eigenvalue weighted by Crippen LogP contribution is 2.37. The van der Waals surface area contributed by atoms with Gasteiger partial charge in [0.1, 0.15) is 5.37 Å². The summed E-state index contributed by atoms with van der Waals surface area (Å²) >= 11 is 1.85. The predicted molar refractivity (Wildman–Crippen MR) is 93.8 cm³/mol. The Morgan fingerprint density at radius 3 is 2.77 bits per heavy atom. The van der Waals surface area contributed by atoms with E-state index in [1.54, 1.807) is 6.20 Å². The van der Waals surface area contributed by atoms with Crippen molar-refractivity contribution in [2.45, 2.75) is 63.7 Å². The van der Waals surface area contributed by atoms with Crippen LogP contribution < -0.4 is 0 Å². The number of hydrogen-bond acceptors (Lipinski definition) is 3. The van der Waals surface area contributed by atoms with Gasteiger partial charge < -0.3 is 4.90 Å². The van der Waals surface area contributed by atoms with Gasteiger partial charge in [-0.05, 0) is 12.5 Å². The number of carbonyl (C=O) groups is 1. The average Bonchev–Trinajstić information content (AvgIpc) is 3.04. The van der Waals surface area contributed by atoms with Crippen LogP contribution >= 0.6 is 11.8 Å². The molecule has 0 spiro atoms. The molecular formula is C18H28N2OS. The first-order valence-corrected chi connectivity index (χ1v) is 9.69. The second kappa shape index (κ2) is 9.88. The van der Waals surface area contributed by atoms with Crippen LogP contribution in [0, 0.1) is 0 Å². The number of nitrogens with zero attached hydrogens (tertiary/aromatic N) is 2. The first-order valence-electron chi connectivity index (χ1n) is 8.64. The van der Waals surface area contributed by atoms with Gasteiger partial charge in [-0.1, -0.05) is 51.5 Å². The summed E-state index contributed by atoms with van der Waals surface area (Å²) in [4.78, 5) is 18.7. The molecule has 1 aliphatic heterocycles. The van der Waals surface area contributed by atoms with Crippen molar-refractivity contribution >= 4 is 17.7 Å². The standard InChI is InChI=1S/C18H28N2OS/c1-2-3-4-5-6-7-8-11-17(21)20-13-14-22-18(20)16-10-9-12-19-15-16/h9-10,12,15,18H,2-8,11,13-14H2,1H3/t18-/m0/s1. The summed E-state index contributed by atoms with van der Waals surface area (Å²) in [6.45, 7) is 3.12. The van der Waals surface area contributed by atoms with Crippen LogP contribution in [-0.2, 0) is 4.79 Å². The summed E-state index contributed by atoms with van der Waals surface area (Å²) in [5.41, 5.74) is 1.15. The van der Waals surface area contributed by atoms with Crippen molar-refractivity contribution in [2.75, 3.05) is 12.3 Å². The molecule has 1 aromatic heterocycles. The fraction of sp³-hybridized carbons (Fsp3) is 0.667. The lowest BCUT2D eigenvalue weighted by Crippen LogP contribution is -2.30. The molecule has 1 aliphatic rings. The zero-order valence-electron chi connectivity index (χ0n) is 13.7. The topological polar surface area (TPSA) is 33.2 Å². The normalized spacial score (nSPS) is 17.9. The molecular weight excluding hydrogens is 292 g/mol. The van der Waals surface area contributed by atoms with E-state index in [0.29, 0.717) is 12.3 Å². The summed E-state index contributed by atoms with van der Waals surface area (Å²) < 4.78 is 0. The lowest BCUT2D eigenvalue weighted by atomic mass is 10.1. The molecule has 4 heteroatoms. The zero-order valence-corrected chi connectivity index (χ0v) is 14.5. The molecule has 0 bridgehead atoms. The van der Waals surface area contributed by atoms with Crippen LogP contribution in [0.25, 0.3) is 0 Å². The van der Waals surface area contributed by atoms with Gasteiger partial charge in [-0.2, -0.15) is 0 Å². The minimum absolute atomic E-state index is 0.172. The van der Waals surface area contributed by atoms with E-state index in [0.717, 1.165) is 24.3 Å². The third kappa shape index (κ3) is 5.31. The lowest BCUT2D eigenvalue weighted by molar-refractivity contribution is -0.131. The highest BCUT2D eigenvalue weighted by molar-refractivity contribution is 7.99. The molecule has 1 aromatic rings. The van der Waals surface area contributed by atoms with Crippen LogP contribution in [0.4, 0.5) is 0 Å². The van der Waals surface area contributed by atoms with Crippen molar-refractivity contribution in [1.29, 1.82) is 0 Å². The van der Waals surface area contributed by atoms with Gasteiger partial charge in [-0.25, -0.2) is 0 Å². The summed E-state index contributed by atoms with van der Waals surface area (Å²) in [5.74, 6) is 1.34. The summed E-state index contributed by atoms with van der Waals surface area (Å²) in [6.07, 6.45) is 13.2. The van der Waals surface area contributed by atoms with Crippen molar-refractivity contribution < 1.29 is 4.79 Å². The van der Waals surface area contributed by atoms with E-state index < -0.39 is 0 Å². The molecule has 1 saturated heterocycles. The third-order valence-corrected chi connectivity index (χ3v) is 5.44. The Bertz CT molecular complexity index is 438. The monoisotopic (exact) mass is 320 g/mol. The Kier molecular flexibility index (Phi) is 7.78. The molecule has 0 N–H and O–H groups in total. The first kappa shape index (κ1) is 17.3. The van der Waals surface area contributed by atoms with Gasteiger partial charge in [0.05, 0.1) is 0 Å². The second-order valence-corrected chi connectivity index (χ2v) is 7.16. The van der Waals surface area contributed by atoms with Gasteiger partial charge in [0.15, 0.2) is 0 Å². The van der Waals surface area contributed by atoms with E-state index in [9.17, 15) is 4.79 Å². The van der Waals surface area contributed by atoms with Gasteiger partial charge in [0.2, 0.25) is 5.91 Å². The van der Waals surface area contributed by atoms with Crippen LogP contribution in [-0.4, -0.2) is 28.1 Å². The molecule has 2 rings (SSSR count). The van der Waals surface area contributed by atoms with Crippen LogP contribution in [0.5, 0.6) is 0 Å². The van der Waals surface area contributed by atoms with E-state index in [1.807, 2.05) is 28.9 Å². The number of aromatic nitrogens is 1. The van der Waals surface area contributed by atoms with Gasteiger partial charge in [0.25, 0.3) is 0 Å². The maximum absolute atomic E-state index is 12.5. The molecule has 0 aromatic carbocycles. The van der Waals surface area contributed by atoms with E-state index in [2.05, 4.69) is 18.0 Å². The van der Waals surface area contributed by atoms with Crippen LogP contribution in [0.15, 0.2) is 24.5 Å². The summed E-state index contributed by atoms with van der Waals surface area (Å²) in [6, 6.07) is 4.02. The zero-order chi connectivity index (χ0) is 15.6. The quantitative estimate of drug-likeness (QED) is 0.613. The van der Waals surface area contributed by atoms with Crippen molar-refractivity contribution in [3.8, 4) is 0 Å². The van der Waals surface area contributed by atoms with Crippen molar-refractivity contribution in [3.63, 3.8) is 0 Å². The van der Waals surface area contributed by atoms with Crippen LogP contribution in [0.3, 0.4) is 0 Å². The second-order valence-electron chi connectivity index (χ2n) is 5.97. The van der Waals surface area contributed by atoms with Crippen LogP contribution in [0.1, 0.15) is 69.2 Å². The van der Waals surface area contributed by atoms with Gasteiger partial charge in [-0.15, -0.1) is 11.8 Å². The maximum Gasteiger partial charge on any atom is 0.223 e. The number of unbranched alkanes of at least 4 members (excludes halogenated alkanes) is 6. The van der Waals surface area contributed by atoms with E-state index in [4.69, 9.17) is 0 Å². The minimum Gasteiger partial charge on any atom is -0.326 e. The number of carbonyl (C=O) groups excluding carboxylic acids is 1. The summed E-state index contributed by atoms with van der Waals surface area (Å²) in [5, 5.41) is 0.172. The molecule has 1 atom stereocenters. The van der Waals surface area contributed by atoms with Crippen molar-refractivity contribution in [1.82, 2.24) is 9.88 Å². The molecule has 0 saturated carbocycles. The Morgan fingerprint density at radius 1 is 1.27 bits per heavy atom. The number of thioether (sulfide) groups is 1. The molecule has 22 heavy (non-hydrogen) atoms. The molecule has 0 radical (unpaired) electrons. The Hall–Kier alpha value is -1.03. The molecule has 3 nitrogen and oxygen atoms in total. The Morgan fingerprint density at radius 2 is 2.05 bits per heavy atom. The molecule has 0 unspecified atom stereocenters. The average molecular weight is 321 g/mol. The molecule has 0 aliphatic carbocycles. The molecule has 1 fully saturated rings. The number of amides is 1. The smallest absolute Gasteiger partial charge is 0.223 e. The fourth-order valence-electron chi connectivity index (χ4n) is 2.90. The summed E-state index contributed by atoms with van der Waals surface area (Å²) in [7, 11) is 0. The van der Waals surface area contributed by atoms with E-state index >= 15 is 0 Å². The number of hydrogen-bond donors (Lipinski definition) is 0. The number of rotatable bonds is 9. The molecule has 122 valence electrons. The Balaban J connectivity index is 1.70. The van der Waals surface area contributed by atoms with E-state index in [1.165, 1.54) is 38.5 Å². The van der Waals surface area contributed by atoms with Crippen molar-refractivity contribution in [2.24, 2.45) is 0 Å². The highest BCUT2D eigenvalue weighted by atomic mass is 32.2. The SMILES string of the molecule is CCCCCCCCCC(=O)N1CCS[C@H]1c1cccnc1. The third-order valence-electron chi connectivity index (χ3n) is 4.18. The molecule has 1 amide bonds. The predicted octanol–water partition coefficient (Wildman–Crippen LogP) is 4.80. The van der Waals surface area contributed by atoms with Crippen LogP contribution in [0.2, 0.25) is 0 Å². The largest absolute Gasteiger partial charge is 0.326 e. The number of pyridine rings is 1. The van der Waals surface area contributed by atoms with Gasteiger partial charge in [-0.3, -0.25) is 9.78 Å². The Labute approximate surface area is 138 Å². The fourth-order valence-corrected chi connectivity index (χ4v) is 4.16.